The standard InChI is InChI=1S/C2H3N3S/c1-2-4-6-5-3-1/h1-2,4H. The molecule has 0 atom stereocenters. The maximum absolute atomic E-state index is 3.52. The van der Waals surface area contributed by atoms with Crippen molar-refractivity contribution in [2.45, 2.75) is 0 Å². The van der Waals surface area contributed by atoms with Crippen LogP contribution in [0.3, 0.4) is 0 Å². The van der Waals surface area contributed by atoms with E-state index in [4.69, 9.17) is 0 Å². The zero-order chi connectivity index (χ0) is 4.24. The van der Waals surface area contributed by atoms with Crippen LogP contribution in [0, 0.1) is 0 Å². The predicted octanol–water partition coefficient (Wildman–Crippen LogP) is 1.08. The van der Waals surface area contributed by atoms with Crippen molar-refractivity contribution in [1.82, 2.24) is 4.72 Å². The molecule has 0 saturated heterocycles. The number of nitrogens with one attached hydrogen (secondary N) is 1. The molecule has 0 fully saturated rings. The Kier molecular flexibility index (Phi) is 1.11. The average molecular weight is 101 g/mol. The maximum atomic E-state index is 3.52. The van der Waals surface area contributed by atoms with Crippen LogP contribution in [-0.2, 0) is 0 Å². The zero-order valence-electron chi connectivity index (χ0n) is 2.96. The molecular formula is C2H3N3S. The molecule has 0 bridgehead atoms. The van der Waals surface area contributed by atoms with E-state index in [-0.39, 0.29) is 0 Å². The third-order valence-corrected chi connectivity index (χ3v) is 0.767. The molecule has 4 heteroatoms. The van der Waals surface area contributed by atoms with E-state index < -0.39 is 0 Å². The van der Waals surface area contributed by atoms with Gasteiger partial charge in [-0.1, -0.05) is 4.52 Å². The Bertz CT molecular complexity index is 74.8. The van der Waals surface area contributed by atoms with Crippen molar-refractivity contribution in [2.24, 2.45) is 9.63 Å². The van der Waals surface area contributed by atoms with Gasteiger partial charge in [0.2, 0.25) is 0 Å². The fourth-order valence-corrected chi connectivity index (χ4v) is 0.439. The van der Waals surface area contributed by atoms with E-state index in [1.807, 2.05) is 0 Å². The third kappa shape index (κ3) is 0.718. The smallest absolute Gasteiger partial charge is 0.113 e. The van der Waals surface area contributed by atoms with Crippen LogP contribution >= 0.6 is 12.1 Å². The molecule has 6 heavy (non-hydrogen) atoms. The second kappa shape index (κ2) is 1.81. The molecule has 0 spiro atoms. The normalized spacial score (nSPS) is 17.3. The van der Waals surface area contributed by atoms with E-state index in [1.165, 1.54) is 12.1 Å². The maximum Gasteiger partial charge on any atom is 0.113 e. The highest BCUT2D eigenvalue weighted by molar-refractivity contribution is 7.96. The summed E-state index contributed by atoms with van der Waals surface area (Å²) in [4.78, 5) is 0. The van der Waals surface area contributed by atoms with Crippen molar-refractivity contribution in [3.8, 4) is 0 Å². The number of hydrogen-bond donors (Lipinski definition) is 1. The topological polar surface area (TPSA) is 36.8 Å². The van der Waals surface area contributed by atoms with E-state index in [2.05, 4.69) is 14.4 Å². The van der Waals surface area contributed by atoms with Gasteiger partial charge in [-0.05, 0) is 0 Å². The van der Waals surface area contributed by atoms with Crippen molar-refractivity contribution >= 4 is 12.1 Å². The van der Waals surface area contributed by atoms with Crippen LogP contribution in [0.5, 0.6) is 0 Å². The molecule has 0 aromatic carbocycles. The largest absolute Gasteiger partial charge is 0.314 e. The Balaban J connectivity index is 2.46. The summed E-state index contributed by atoms with van der Waals surface area (Å²) in [5.74, 6) is 0. The highest BCUT2D eigenvalue weighted by Gasteiger charge is 1.77. The Morgan fingerprint density at radius 1 is 1.67 bits per heavy atom. The monoisotopic (exact) mass is 101 g/mol. The van der Waals surface area contributed by atoms with Crippen LogP contribution in [0.2, 0.25) is 0 Å². The van der Waals surface area contributed by atoms with E-state index in [0.717, 1.165) is 0 Å². The quantitative estimate of drug-likeness (QED) is 0.463. The SMILES string of the molecule is C1=CNSN=N1. The molecule has 0 saturated carbocycles. The molecule has 3 nitrogen and oxygen atoms in total. The van der Waals surface area contributed by atoms with Crippen LogP contribution in [0.4, 0.5) is 0 Å². The Morgan fingerprint density at radius 2 is 2.67 bits per heavy atom. The van der Waals surface area contributed by atoms with Crippen molar-refractivity contribution in [2.75, 3.05) is 0 Å². The van der Waals surface area contributed by atoms with Crippen LogP contribution in [0.15, 0.2) is 22.0 Å². The summed E-state index contributed by atoms with van der Waals surface area (Å²) < 4.78 is 6.28. The minimum absolute atomic E-state index is 1.22. The first-order valence-electron chi connectivity index (χ1n) is 1.47. The van der Waals surface area contributed by atoms with Gasteiger partial charge >= 0.3 is 0 Å². The molecular weight excluding hydrogens is 98.1 g/mol. The summed E-state index contributed by atoms with van der Waals surface area (Å²) in [6.45, 7) is 0. The molecule has 1 N–H and O–H groups in total. The second-order valence-corrected chi connectivity index (χ2v) is 1.30. The van der Waals surface area contributed by atoms with E-state index in [0.29, 0.717) is 0 Å². The van der Waals surface area contributed by atoms with Crippen molar-refractivity contribution in [1.29, 1.82) is 0 Å². The summed E-state index contributed by atoms with van der Waals surface area (Å²) in [6.07, 6.45) is 3.31. The van der Waals surface area contributed by atoms with Crippen molar-refractivity contribution in [3.05, 3.63) is 12.4 Å². The first-order chi connectivity index (χ1) is 3.00. The van der Waals surface area contributed by atoms with Crippen LogP contribution < -0.4 is 4.72 Å². The lowest BCUT2D eigenvalue weighted by molar-refractivity contribution is 1.23. The van der Waals surface area contributed by atoms with Gasteiger partial charge in [0, 0.05) is 6.20 Å². The molecule has 0 radical (unpaired) electrons. The van der Waals surface area contributed by atoms with Gasteiger partial charge in [-0.25, -0.2) is 0 Å². The molecule has 0 unspecified atom stereocenters. The van der Waals surface area contributed by atoms with Gasteiger partial charge in [-0.3, -0.25) is 0 Å². The fourth-order valence-electron chi connectivity index (χ4n) is 0.169. The molecule has 1 rings (SSSR count). The molecule has 0 amide bonds. The lowest BCUT2D eigenvalue weighted by Gasteiger charge is -1.90. The van der Waals surface area contributed by atoms with E-state index >= 15 is 0 Å². The highest BCUT2D eigenvalue weighted by Crippen LogP contribution is 1.99. The number of rotatable bonds is 0. The van der Waals surface area contributed by atoms with Crippen LogP contribution in [-0.4, -0.2) is 0 Å². The lowest BCUT2D eigenvalue weighted by atomic mass is 11.0. The molecule has 1 aliphatic heterocycles. The summed E-state index contributed by atoms with van der Waals surface area (Å²) in [7, 11) is 0. The number of nitrogens with zero attached hydrogens (tertiary/aromatic N) is 2. The van der Waals surface area contributed by atoms with Gasteiger partial charge in [0.05, 0.1) is 6.20 Å². The first kappa shape index (κ1) is 3.67. The summed E-state index contributed by atoms with van der Waals surface area (Å²) in [6, 6.07) is 0. The van der Waals surface area contributed by atoms with Crippen LogP contribution in [0.1, 0.15) is 0 Å². The predicted molar refractivity (Wildman–Crippen MR) is 24.7 cm³/mol. The Morgan fingerprint density at radius 3 is 2.83 bits per heavy atom. The van der Waals surface area contributed by atoms with Crippen molar-refractivity contribution in [3.63, 3.8) is 0 Å². The highest BCUT2D eigenvalue weighted by atomic mass is 32.2. The van der Waals surface area contributed by atoms with Gasteiger partial charge in [0.15, 0.2) is 0 Å². The van der Waals surface area contributed by atoms with Crippen LogP contribution in [0.25, 0.3) is 0 Å². The minimum atomic E-state index is 1.22. The fraction of sp³-hybridized carbons (Fsp3) is 0. The van der Waals surface area contributed by atoms with E-state index in [9.17, 15) is 0 Å². The van der Waals surface area contributed by atoms with E-state index in [1.54, 1.807) is 12.4 Å². The summed E-state index contributed by atoms with van der Waals surface area (Å²) in [5.41, 5.74) is 0. The summed E-state index contributed by atoms with van der Waals surface area (Å²) >= 11 is 1.22. The minimum Gasteiger partial charge on any atom is -0.314 e. The molecule has 0 aliphatic carbocycles. The zero-order valence-corrected chi connectivity index (χ0v) is 3.77. The third-order valence-electron chi connectivity index (χ3n) is 0.350. The van der Waals surface area contributed by atoms with Gasteiger partial charge in [-0.2, -0.15) is 0 Å². The number of hydrogen-bond acceptors (Lipinski definition) is 4. The molecule has 0 aromatic rings. The van der Waals surface area contributed by atoms with Gasteiger partial charge < -0.3 is 4.72 Å². The molecule has 32 valence electrons. The summed E-state index contributed by atoms with van der Waals surface area (Å²) in [5, 5.41) is 3.52. The first-order valence-corrected chi connectivity index (χ1v) is 2.24. The molecule has 1 aliphatic rings. The molecule has 1 heterocycles. The lowest BCUT2D eigenvalue weighted by Crippen LogP contribution is -1.87. The van der Waals surface area contributed by atoms with Crippen molar-refractivity contribution < 1.29 is 0 Å². The van der Waals surface area contributed by atoms with Gasteiger partial charge in [0.25, 0.3) is 0 Å². The second-order valence-electron chi connectivity index (χ2n) is 0.722. The Hall–Kier alpha value is -0.510. The molecule has 0 aromatic heterocycles. The van der Waals surface area contributed by atoms with Gasteiger partial charge in [0.1, 0.15) is 12.1 Å². The van der Waals surface area contributed by atoms with Gasteiger partial charge in [-0.15, -0.1) is 5.11 Å². The Labute approximate surface area is 39.8 Å². The average Bonchev–Trinajstić information content (AvgIpc) is 1.72.